The molecule has 0 amide bonds. The van der Waals surface area contributed by atoms with E-state index in [-0.39, 0.29) is 0 Å². The maximum absolute atomic E-state index is 10.5. The Morgan fingerprint density at radius 1 is 1.19 bits per heavy atom. The maximum atomic E-state index is 10.5. The summed E-state index contributed by atoms with van der Waals surface area (Å²) in [5.41, 5.74) is 0. The van der Waals surface area contributed by atoms with Crippen molar-refractivity contribution in [2.75, 3.05) is 6.61 Å². The summed E-state index contributed by atoms with van der Waals surface area (Å²) < 4.78 is 4.81. The molecule has 0 bridgehead atoms. The predicted molar refractivity (Wildman–Crippen MR) is 47.4 cm³/mol. The minimum atomic E-state index is -2.05. The van der Waals surface area contributed by atoms with Crippen LogP contribution in [0.4, 0.5) is 0 Å². The number of aliphatic carboxylic acids is 1. The van der Waals surface area contributed by atoms with Gasteiger partial charge in [-0.3, -0.25) is 0 Å². The van der Waals surface area contributed by atoms with Crippen LogP contribution in [0.1, 0.15) is 0 Å². The van der Waals surface area contributed by atoms with E-state index in [4.69, 9.17) is 14.9 Å². The van der Waals surface area contributed by atoms with E-state index in [1.54, 1.807) is 0 Å². The second-order valence-corrected chi connectivity index (χ2v) is 3.58. The van der Waals surface area contributed by atoms with Crippen molar-refractivity contribution in [2.45, 2.75) is 36.6 Å². The highest BCUT2D eigenvalue weighted by atomic mass is 16.6. The standard InChI is InChI=1S/C8H14O8/c9-1-2-3(10)4(11)5(12)7(16-2)6(13)8(14)15/h2-7,9-13H,1H2,(H,14,15)/t2-,3+,4+,5?,6?,7?/m1/s1. The topological polar surface area (TPSA) is 148 Å². The molecule has 0 aromatic rings. The van der Waals surface area contributed by atoms with E-state index < -0.39 is 49.2 Å². The van der Waals surface area contributed by atoms with Gasteiger partial charge >= 0.3 is 5.97 Å². The van der Waals surface area contributed by atoms with Gasteiger partial charge in [-0.1, -0.05) is 0 Å². The summed E-state index contributed by atoms with van der Waals surface area (Å²) in [6.07, 6.45) is -9.89. The second kappa shape index (κ2) is 5.04. The quantitative estimate of drug-likeness (QED) is 0.294. The zero-order valence-electron chi connectivity index (χ0n) is 8.17. The van der Waals surface area contributed by atoms with Crippen LogP contribution in [0.5, 0.6) is 0 Å². The van der Waals surface area contributed by atoms with Crippen molar-refractivity contribution in [3.8, 4) is 0 Å². The second-order valence-electron chi connectivity index (χ2n) is 3.58. The van der Waals surface area contributed by atoms with Crippen LogP contribution in [0.3, 0.4) is 0 Å². The Morgan fingerprint density at radius 2 is 1.75 bits per heavy atom. The average molecular weight is 238 g/mol. The molecule has 1 heterocycles. The van der Waals surface area contributed by atoms with Gasteiger partial charge in [0.15, 0.2) is 6.10 Å². The first kappa shape index (κ1) is 13.3. The van der Waals surface area contributed by atoms with Crippen molar-refractivity contribution < 1.29 is 40.2 Å². The summed E-state index contributed by atoms with van der Waals surface area (Å²) in [6, 6.07) is 0. The molecule has 1 aliphatic heterocycles. The van der Waals surface area contributed by atoms with Crippen LogP contribution in [0, 0.1) is 0 Å². The molecule has 1 aliphatic rings. The van der Waals surface area contributed by atoms with E-state index in [2.05, 4.69) is 0 Å². The Kier molecular flexibility index (Phi) is 4.19. The van der Waals surface area contributed by atoms with Gasteiger partial charge in [0.1, 0.15) is 30.5 Å². The number of ether oxygens (including phenoxy) is 1. The molecular weight excluding hydrogens is 224 g/mol. The van der Waals surface area contributed by atoms with Gasteiger partial charge in [0.2, 0.25) is 0 Å². The van der Waals surface area contributed by atoms with Crippen LogP contribution in [0.2, 0.25) is 0 Å². The van der Waals surface area contributed by atoms with E-state index in [9.17, 15) is 25.2 Å². The molecule has 0 aromatic carbocycles. The number of carbonyl (C=O) groups is 1. The van der Waals surface area contributed by atoms with Gasteiger partial charge in [-0.25, -0.2) is 4.79 Å². The Balaban J connectivity index is 2.82. The highest BCUT2D eigenvalue weighted by Gasteiger charge is 2.47. The van der Waals surface area contributed by atoms with E-state index in [0.717, 1.165) is 0 Å². The van der Waals surface area contributed by atoms with Crippen LogP contribution >= 0.6 is 0 Å². The molecule has 1 rings (SSSR count). The summed E-state index contributed by atoms with van der Waals surface area (Å²) in [6.45, 7) is -0.673. The number of hydrogen-bond donors (Lipinski definition) is 6. The van der Waals surface area contributed by atoms with Crippen LogP contribution in [0.15, 0.2) is 0 Å². The van der Waals surface area contributed by atoms with Gasteiger partial charge < -0.3 is 35.4 Å². The minimum absolute atomic E-state index is 0.673. The van der Waals surface area contributed by atoms with Gasteiger partial charge in [0.05, 0.1) is 6.61 Å². The SMILES string of the molecule is O=C(O)C(O)C1O[C@H](CO)[C@H](O)[C@H](O)C1O. The first-order valence-corrected chi connectivity index (χ1v) is 4.61. The fourth-order valence-electron chi connectivity index (χ4n) is 1.53. The lowest BCUT2D eigenvalue weighted by Gasteiger charge is -2.40. The van der Waals surface area contributed by atoms with Crippen LogP contribution < -0.4 is 0 Å². The molecule has 0 aromatic heterocycles. The fraction of sp³-hybridized carbons (Fsp3) is 0.875. The highest BCUT2D eigenvalue weighted by molar-refractivity contribution is 5.72. The number of aliphatic hydroxyl groups is 5. The molecule has 3 unspecified atom stereocenters. The van der Waals surface area contributed by atoms with Crippen molar-refractivity contribution >= 4 is 5.97 Å². The van der Waals surface area contributed by atoms with Crippen LogP contribution in [-0.4, -0.2) is 79.8 Å². The summed E-state index contributed by atoms with van der Waals surface area (Å²) in [7, 11) is 0. The lowest BCUT2D eigenvalue weighted by Crippen LogP contribution is -2.62. The zero-order valence-corrected chi connectivity index (χ0v) is 8.17. The van der Waals surface area contributed by atoms with Crippen LogP contribution in [0.25, 0.3) is 0 Å². The fourth-order valence-corrected chi connectivity index (χ4v) is 1.53. The molecule has 0 aliphatic carbocycles. The van der Waals surface area contributed by atoms with Crippen molar-refractivity contribution in [1.29, 1.82) is 0 Å². The zero-order chi connectivity index (χ0) is 12.5. The molecular formula is C8H14O8. The number of carboxylic acid groups (broad SMARTS) is 1. The molecule has 16 heavy (non-hydrogen) atoms. The predicted octanol–water partition coefficient (Wildman–Crippen LogP) is -3.73. The van der Waals surface area contributed by atoms with Crippen LogP contribution in [-0.2, 0) is 9.53 Å². The highest BCUT2D eigenvalue weighted by Crippen LogP contribution is 2.23. The number of rotatable bonds is 3. The number of carboxylic acids is 1. The Labute approximate surface area is 90.3 Å². The molecule has 6 N–H and O–H groups in total. The van der Waals surface area contributed by atoms with E-state index in [0.29, 0.717) is 0 Å². The van der Waals surface area contributed by atoms with Gasteiger partial charge in [-0.05, 0) is 0 Å². The Bertz CT molecular complexity index is 254. The molecule has 94 valence electrons. The number of hydrogen-bond acceptors (Lipinski definition) is 7. The molecule has 0 radical (unpaired) electrons. The molecule has 8 heteroatoms. The van der Waals surface area contributed by atoms with Gasteiger partial charge in [-0.15, -0.1) is 0 Å². The first-order chi connectivity index (χ1) is 7.40. The largest absolute Gasteiger partial charge is 0.479 e. The van der Waals surface area contributed by atoms with Crippen molar-refractivity contribution in [3.63, 3.8) is 0 Å². The molecule has 0 spiro atoms. The molecule has 1 saturated heterocycles. The van der Waals surface area contributed by atoms with Crippen molar-refractivity contribution in [1.82, 2.24) is 0 Å². The van der Waals surface area contributed by atoms with Gasteiger partial charge in [0, 0.05) is 0 Å². The molecule has 1 fully saturated rings. The van der Waals surface area contributed by atoms with Crippen molar-refractivity contribution in [3.05, 3.63) is 0 Å². The molecule has 8 nitrogen and oxygen atoms in total. The minimum Gasteiger partial charge on any atom is -0.479 e. The average Bonchev–Trinajstić information content (AvgIpc) is 2.25. The van der Waals surface area contributed by atoms with E-state index in [1.165, 1.54) is 0 Å². The summed E-state index contributed by atoms with van der Waals surface area (Å²) in [4.78, 5) is 10.5. The normalized spacial score (nSPS) is 41.7. The summed E-state index contributed by atoms with van der Waals surface area (Å²) in [5, 5.41) is 54.6. The number of aliphatic hydroxyl groups excluding tert-OH is 5. The maximum Gasteiger partial charge on any atom is 0.335 e. The van der Waals surface area contributed by atoms with E-state index >= 15 is 0 Å². The molecule has 0 saturated carbocycles. The molecule has 6 atom stereocenters. The lowest BCUT2D eigenvalue weighted by molar-refractivity contribution is -0.249. The Hall–Kier alpha value is -0.770. The third-order valence-corrected chi connectivity index (χ3v) is 2.49. The summed E-state index contributed by atoms with van der Waals surface area (Å²) in [5.74, 6) is -1.63. The first-order valence-electron chi connectivity index (χ1n) is 4.61. The van der Waals surface area contributed by atoms with E-state index in [1.807, 2.05) is 0 Å². The monoisotopic (exact) mass is 238 g/mol. The van der Waals surface area contributed by atoms with Gasteiger partial charge in [0.25, 0.3) is 0 Å². The Morgan fingerprint density at radius 3 is 2.19 bits per heavy atom. The third-order valence-electron chi connectivity index (χ3n) is 2.49. The van der Waals surface area contributed by atoms with Gasteiger partial charge in [-0.2, -0.15) is 0 Å². The smallest absolute Gasteiger partial charge is 0.335 e. The third kappa shape index (κ3) is 2.32. The van der Waals surface area contributed by atoms with Crippen molar-refractivity contribution in [2.24, 2.45) is 0 Å². The lowest BCUT2D eigenvalue weighted by atomic mass is 9.92. The summed E-state index contributed by atoms with van der Waals surface area (Å²) >= 11 is 0.